The first-order chi connectivity index (χ1) is 9.15. The average Bonchev–Trinajstić information content (AvgIpc) is 2.80. The van der Waals surface area contributed by atoms with E-state index in [1.165, 1.54) is 0 Å². The van der Waals surface area contributed by atoms with Crippen molar-refractivity contribution in [2.45, 2.75) is 39.3 Å². The summed E-state index contributed by atoms with van der Waals surface area (Å²) in [6.07, 6.45) is 4.22. The Kier molecular flexibility index (Phi) is 5.05. The molecule has 1 amide bonds. The molecule has 1 unspecified atom stereocenters. The van der Waals surface area contributed by atoms with E-state index in [2.05, 4.69) is 15.9 Å². The number of halogens is 1. The molecule has 1 fully saturated rings. The van der Waals surface area contributed by atoms with Crippen molar-refractivity contribution in [2.75, 3.05) is 19.7 Å². The van der Waals surface area contributed by atoms with Crippen LogP contribution in [-0.4, -0.2) is 41.2 Å². The van der Waals surface area contributed by atoms with Gasteiger partial charge in [0.2, 0.25) is 0 Å². The van der Waals surface area contributed by atoms with E-state index in [0.717, 1.165) is 36.1 Å². The molecule has 1 aromatic rings. The van der Waals surface area contributed by atoms with E-state index in [1.54, 1.807) is 0 Å². The first kappa shape index (κ1) is 14.6. The van der Waals surface area contributed by atoms with Gasteiger partial charge >= 0.3 is 0 Å². The van der Waals surface area contributed by atoms with E-state index in [9.17, 15) is 4.79 Å². The number of carbonyl (C=O) groups is 1. The largest absolute Gasteiger partial charge is 0.377 e. The summed E-state index contributed by atoms with van der Waals surface area (Å²) in [7, 11) is 0. The van der Waals surface area contributed by atoms with E-state index in [0.29, 0.717) is 13.2 Å². The number of ether oxygens (including phenoxy) is 1. The molecule has 1 atom stereocenters. The van der Waals surface area contributed by atoms with Gasteiger partial charge in [0.15, 0.2) is 0 Å². The van der Waals surface area contributed by atoms with Crippen molar-refractivity contribution in [2.24, 2.45) is 0 Å². The van der Waals surface area contributed by atoms with Gasteiger partial charge in [-0.15, -0.1) is 0 Å². The van der Waals surface area contributed by atoms with Crippen molar-refractivity contribution in [3.8, 4) is 0 Å². The fourth-order valence-corrected chi connectivity index (χ4v) is 3.04. The standard InChI is InChI=1S/C14H21BrN2O2/c1-3-16-9-11(15)8-13(16)14(18)17-7-5-6-12(10-17)19-4-2/h8-9,12H,3-7,10H2,1-2H3. The number of hydrogen-bond donors (Lipinski definition) is 0. The number of amides is 1. The van der Waals surface area contributed by atoms with Gasteiger partial charge in [0.25, 0.3) is 5.91 Å². The zero-order chi connectivity index (χ0) is 13.8. The average molecular weight is 329 g/mol. The maximum absolute atomic E-state index is 12.6. The number of rotatable bonds is 4. The molecular weight excluding hydrogens is 308 g/mol. The van der Waals surface area contributed by atoms with Gasteiger partial charge in [0.05, 0.1) is 6.10 Å². The minimum Gasteiger partial charge on any atom is -0.377 e. The first-order valence-corrected chi connectivity index (χ1v) is 7.71. The molecule has 1 aromatic heterocycles. The molecule has 2 heterocycles. The van der Waals surface area contributed by atoms with Crippen molar-refractivity contribution in [3.05, 3.63) is 22.4 Å². The molecule has 0 saturated carbocycles. The van der Waals surface area contributed by atoms with E-state index in [4.69, 9.17) is 4.74 Å². The van der Waals surface area contributed by atoms with Gasteiger partial charge in [-0.05, 0) is 48.7 Å². The van der Waals surface area contributed by atoms with Crippen LogP contribution in [0.4, 0.5) is 0 Å². The summed E-state index contributed by atoms with van der Waals surface area (Å²) in [6.45, 7) is 7.09. The third-order valence-corrected chi connectivity index (χ3v) is 3.92. The summed E-state index contributed by atoms with van der Waals surface area (Å²) in [5, 5.41) is 0. The Hall–Kier alpha value is -0.810. The smallest absolute Gasteiger partial charge is 0.270 e. The van der Waals surface area contributed by atoms with Crippen LogP contribution in [0.2, 0.25) is 0 Å². The molecule has 0 N–H and O–H groups in total. The number of aryl methyl sites for hydroxylation is 1. The van der Waals surface area contributed by atoms with Gasteiger partial charge < -0.3 is 14.2 Å². The van der Waals surface area contributed by atoms with E-state index < -0.39 is 0 Å². The predicted octanol–water partition coefficient (Wildman–Crippen LogP) is 2.91. The van der Waals surface area contributed by atoms with E-state index in [1.807, 2.05) is 35.6 Å². The predicted molar refractivity (Wildman–Crippen MR) is 78.4 cm³/mol. The number of hydrogen-bond acceptors (Lipinski definition) is 2. The fraction of sp³-hybridized carbons (Fsp3) is 0.643. The van der Waals surface area contributed by atoms with Gasteiger partial charge in [0.1, 0.15) is 5.69 Å². The Morgan fingerprint density at radius 1 is 1.53 bits per heavy atom. The van der Waals surface area contributed by atoms with E-state index in [-0.39, 0.29) is 12.0 Å². The normalized spacial score (nSPS) is 19.7. The van der Waals surface area contributed by atoms with Crippen LogP contribution >= 0.6 is 15.9 Å². The number of likely N-dealkylation sites (tertiary alicyclic amines) is 1. The van der Waals surface area contributed by atoms with Crippen molar-refractivity contribution in [3.63, 3.8) is 0 Å². The second-order valence-corrected chi connectivity index (χ2v) is 5.72. The van der Waals surface area contributed by atoms with Gasteiger partial charge in [-0.1, -0.05) is 0 Å². The Morgan fingerprint density at radius 2 is 2.32 bits per heavy atom. The summed E-state index contributed by atoms with van der Waals surface area (Å²) < 4.78 is 8.59. The topological polar surface area (TPSA) is 34.5 Å². The first-order valence-electron chi connectivity index (χ1n) is 6.92. The quantitative estimate of drug-likeness (QED) is 0.851. The lowest BCUT2D eigenvalue weighted by molar-refractivity contribution is 0.00687. The monoisotopic (exact) mass is 328 g/mol. The van der Waals surface area contributed by atoms with Gasteiger partial charge in [-0.2, -0.15) is 0 Å². The van der Waals surface area contributed by atoms with Crippen molar-refractivity contribution >= 4 is 21.8 Å². The maximum atomic E-state index is 12.6. The highest BCUT2D eigenvalue weighted by Crippen LogP contribution is 2.20. The van der Waals surface area contributed by atoms with Crippen molar-refractivity contribution < 1.29 is 9.53 Å². The molecule has 0 aromatic carbocycles. The highest BCUT2D eigenvalue weighted by atomic mass is 79.9. The summed E-state index contributed by atoms with van der Waals surface area (Å²) in [6, 6.07) is 1.90. The Labute approximate surface area is 122 Å². The maximum Gasteiger partial charge on any atom is 0.270 e. The number of aromatic nitrogens is 1. The van der Waals surface area contributed by atoms with Crippen LogP contribution < -0.4 is 0 Å². The zero-order valence-electron chi connectivity index (χ0n) is 11.6. The molecule has 0 bridgehead atoms. The van der Waals surface area contributed by atoms with Crippen LogP contribution in [0.15, 0.2) is 16.7 Å². The van der Waals surface area contributed by atoms with Crippen molar-refractivity contribution in [1.82, 2.24) is 9.47 Å². The summed E-state index contributed by atoms with van der Waals surface area (Å²) >= 11 is 3.44. The van der Waals surface area contributed by atoms with Crippen LogP contribution in [0.1, 0.15) is 37.2 Å². The molecule has 1 aliphatic heterocycles. The molecule has 1 aliphatic rings. The Bertz CT molecular complexity index is 443. The minimum absolute atomic E-state index is 0.108. The molecule has 0 spiro atoms. The lowest BCUT2D eigenvalue weighted by Crippen LogP contribution is -2.43. The third kappa shape index (κ3) is 3.39. The summed E-state index contributed by atoms with van der Waals surface area (Å²) in [4.78, 5) is 14.5. The lowest BCUT2D eigenvalue weighted by atomic mass is 10.1. The van der Waals surface area contributed by atoms with Crippen LogP contribution in [-0.2, 0) is 11.3 Å². The molecule has 106 valence electrons. The summed E-state index contributed by atoms with van der Waals surface area (Å²) in [5.41, 5.74) is 0.756. The van der Waals surface area contributed by atoms with Gasteiger partial charge in [-0.25, -0.2) is 0 Å². The highest BCUT2D eigenvalue weighted by molar-refractivity contribution is 9.10. The Morgan fingerprint density at radius 3 is 3.00 bits per heavy atom. The molecule has 5 heteroatoms. The summed E-state index contributed by atoms with van der Waals surface area (Å²) in [5.74, 6) is 0.108. The number of piperidine rings is 1. The third-order valence-electron chi connectivity index (χ3n) is 3.49. The van der Waals surface area contributed by atoms with Crippen LogP contribution in [0.25, 0.3) is 0 Å². The number of carbonyl (C=O) groups excluding carboxylic acids is 1. The molecular formula is C14H21BrN2O2. The number of nitrogens with zero attached hydrogens (tertiary/aromatic N) is 2. The minimum atomic E-state index is 0.108. The second-order valence-electron chi connectivity index (χ2n) is 4.80. The second kappa shape index (κ2) is 6.57. The van der Waals surface area contributed by atoms with Crippen molar-refractivity contribution in [1.29, 1.82) is 0 Å². The van der Waals surface area contributed by atoms with Gasteiger partial charge in [-0.3, -0.25) is 4.79 Å². The van der Waals surface area contributed by atoms with Gasteiger partial charge in [0, 0.05) is 36.9 Å². The molecule has 2 rings (SSSR count). The lowest BCUT2D eigenvalue weighted by Gasteiger charge is -2.32. The Balaban J connectivity index is 2.10. The SMILES string of the molecule is CCOC1CCCN(C(=O)c2cc(Br)cn2CC)C1. The van der Waals surface area contributed by atoms with Crippen LogP contribution in [0.5, 0.6) is 0 Å². The molecule has 1 saturated heterocycles. The van der Waals surface area contributed by atoms with Crippen LogP contribution in [0.3, 0.4) is 0 Å². The molecule has 0 radical (unpaired) electrons. The molecule has 0 aliphatic carbocycles. The van der Waals surface area contributed by atoms with Crippen LogP contribution in [0, 0.1) is 0 Å². The molecule has 4 nitrogen and oxygen atoms in total. The zero-order valence-corrected chi connectivity index (χ0v) is 13.1. The highest BCUT2D eigenvalue weighted by Gasteiger charge is 2.26. The van der Waals surface area contributed by atoms with E-state index >= 15 is 0 Å². The fourth-order valence-electron chi connectivity index (χ4n) is 2.57. The molecule has 19 heavy (non-hydrogen) atoms.